The van der Waals surface area contributed by atoms with Gasteiger partial charge in [-0.05, 0) is 55.9 Å². The molecule has 0 radical (unpaired) electrons. The first kappa shape index (κ1) is 15.3. The second-order valence-electron chi connectivity index (χ2n) is 6.43. The Kier molecular flexibility index (Phi) is 6.11. The van der Waals surface area contributed by atoms with E-state index in [1.807, 2.05) is 0 Å². The van der Waals surface area contributed by atoms with Gasteiger partial charge in [0, 0.05) is 20.3 Å². The van der Waals surface area contributed by atoms with Gasteiger partial charge >= 0.3 is 0 Å². The Morgan fingerprint density at radius 2 is 2.11 bits per heavy atom. The monoisotopic (exact) mass is 269 g/mol. The molecule has 2 bridgehead atoms. The molecule has 19 heavy (non-hydrogen) atoms. The molecule has 0 aromatic rings. The van der Waals surface area contributed by atoms with E-state index in [2.05, 4.69) is 12.2 Å². The highest BCUT2D eigenvalue weighted by molar-refractivity contribution is 5.01. The van der Waals surface area contributed by atoms with Crippen LogP contribution in [0.15, 0.2) is 0 Å². The molecule has 0 amide bonds. The quantitative estimate of drug-likeness (QED) is 0.619. The molecule has 3 atom stereocenters. The molecule has 0 saturated heterocycles. The highest BCUT2D eigenvalue weighted by Gasteiger charge is 2.49. The minimum atomic E-state index is 0.587. The van der Waals surface area contributed by atoms with Crippen LogP contribution in [0.25, 0.3) is 0 Å². The lowest BCUT2D eigenvalue weighted by Gasteiger charge is -2.38. The standard InChI is InChI=1S/C16H31NO2/c1-3-17-13-16(7-4-8-19-10-9-18-2)12-14-5-6-15(16)11-14/h14-15,17H,3-13H2,1-2H3. The van der Waals surface area contributed by atoms with Gasteiger partial charge in [-0.1, -0.05) is 13.3 Å². The summed E-state index contributed by atoms with van der Waals surface area (Å²) in [6, 6.07) is 0. The van der Waals surface area contributed by atoms with Crippen molar-refractivity contribution < 1.29 is 9.47 Å². The van der Waals surface area contributed by atoms with Gasteiger partial charge in [0.1, 0.15) is 0 Å². The van der Waals surface area contributed by atoms with Gasteiger partial charge < -0.3 is 14.8 Å². The Balaban J connectivity index is 1.72. The fourth-order valence-electron chi connectivity index (χ4n) is 4.31. The zero-order chi connectivity index (χ0) is 13.6. The van der Waals surface area contributed by atoms with E-state index < -0.39 is 0 Å². The van der Waals surface area contributed by atoms with E-state index in [4.69, 9.17) is 9.47 Å². The van der Waals surface area contributed by atoms with E-state index in [1.165, 1.54) is 45.1 Å². The van der Waals surface area contributed by atoms with Crippen molar-refractivity contribution in [1.29, 1.82) is 0 Å². The van der Waals surface area contributed by atoms with E-state index in [-0.39, 0.29) is 0 Å². The predicted molar refractivity (Wildman–Crippen MR) is 78.4 cm³/mol. The van der Waals surface area contributed by atoms with E-state index in [0.717, 1.165) is 31.6 Å². The van der Waals surface area contributed by atoms with Crippen molar-refractivity contribution in [3.05, 3.63) is 0 Å². The van der Waals surface area contributed by atoms with Crippen LogP contribution in [0, 0.1) is 17.3 Å². The summed E-state index contributed by atoms with van der Waals surface area (Å²) in [5.41, 5.74) is 0.587. The molecule has 0 aromatic carbocycles. The van der Waals surface area contributed by atoms with Crippen molar-refractivity contribution in [1.82, 2.24) is 5.32 Å². The van der Waals surface area contributed by atoms with E-state index in [1.54, 1.807) is 7.11 Å². The Labute approximate surface area is 118 Å². The lowest BCUT2D eigenvalue weighted by molar-refractivity contribution is 0.0567. The van der Waals surface area contributed by atoms with Gasteiger partial charge in [-0.2, -0.15) is 0 Å². The maximum atomic E-state index is 5.62. The lowest BCUT2D eigenvalue weighted by atomic mass is 9.70. The number of ether oxygens (including phenoxy) is 2. The van der Waals surface area contributed by atoms with Gasteiger partial charge in [-0.15, -0.1) is 0 Å². The number of nitrogens with one attached hydrogen (secondary N) is 1. The van der Waals surface area contributed by atoms with Crippen LogP contribution in [-0.2, 0) is 9.47 Å². The van der Waals surface area contributed by atoms with E-state index in [9.17, 15) is 0 Å². The molecule has 3 nitrogen and oxygen atoms in total. The van der Waals surface area contributed by atoms with Crippen LogP contribution in [0.4, 0.5) is 0 Å². The molecule has 0 aromatic heterocycles. The van der Waals surface area contributed by atoms with Gasteiger partial charge in [-0.3, -0.25) is 0 Å². The fourth-order valence-corrected chi connectivity index (χ4v) is 4.31. The van der Waals surface area contributed by atoms with Crippen molar-refractivity contribution in [2.45, 2.75) is 45.4 Å². The largest absolute Gasteiger partial charge is 0.382 e. The van der Waals surface area contributed by atoms with Crippen LogP contribution in [0.3, 0.4) is 0 Å². The Morgan fingerprint density at radius 1 is 1.21 bits per heavy atom. The smallest absolute Gasteiger partial charge is 0.0700 e. The third-order valence-electron chi connectivity index (χ3n) is 5.22. The van der Waals surface area contributed by atoms with Crippen molar-refractivity contribution in [2.24, 2.45) is 17.3 Å². The summed E-state index contributed by atoms with van der Waals surface area (Å²) in [5.74, 6) is 2.01. The molecule has 3 heteroatoms. The molecular formula is C16H31NO2. The highest BCUT2D eigenvalue weighted by Crippen LogP contribution is 2.57. The number of hydrogen-bond acceptors (Lipinski definition) is 3. The van der Waals surface area contributed by atoms with Crippen molar-refractivity contribution >= 4 is 0 Å². The molecule has 112 valence electrons. The van der Waals surface area contributed by atoms with Gasteiger partial charge in [0.15, 0.2) is 0 Å². The fraction of sp³-hybridized carbons (Fsp3) is 1.00. The number of fused-ring (bicyclic) bond motifs is 2. The summed E-state index contributed by atoms with van der Waals surface area (Å²) in [7, 11) is 1.73. The van der Waals surface area contributed by atoms with Crippen LogP contribution in [0.2, 0.25) is 0 Å². The van der Waals surface area contributed by atoms with Crippen molar-refractivity contribution in [3.8, 4) is 0 Å². The number of rotatable bonds is 10. The summed E-state index contributed by atoms with van der Waals surface area (Å²) in [5, 5.41) is 3.62. The molecular weight excluding hydrogens is 238 g/mol. The minimum absolute atomic E-state index is 0.587. The Bertz CT molecular complexity index is 259. The first-order valence-corrected chi connectivity index (χ1v) is 8.08. The molecule has 2 aliphatic rings. The van der Waals surface area contributed by atoms with Crippen molar-refractivity contribution in [2.75, 3.05) is 40.0 Å². The second kappa shape index (κ2) is 7.61. The molecule has 0 spiro atoms. The van der Waals surface area contributed by atoms with Crippen LogP contribution >= 0.6 is 0 Å². The van der Waals surface area contributed by atoms with Crippen molar-refractivity contribution in [3.63, 3.8) is 0 Å². The molecule has 2 rings (SSSR count). The van der Waals surface area contributed by atoms with E-state index >= 15 is 0 Å². The van der Waals surface area contributed by atoms with Crippen LogP contribution in [0.5, 0.6) is 0 Å². The van der Waals surface area contributed by atoms with Gasteiger partial charge in [0.2, 0.25) is 0 Å². The van der Waals surface area contributed by atoms with Gasteiger partial charge in [0.25, 0.3) is 0 Å². The van der Waals surface area contributed by atoms with E-state index in [0.29, 0.717) is 12.0 Å². The Morgan fingerprint density at radius 3 is 2.74 bits per heavy atom. The average molecular weight is 269 g/mol. The van der Waals surface area contributed by atoms with Gasteiger partial charge in [-0.25, -0.2) is 0 Å². The topological polar surface area (TPSA) is 30.5 Å². The SMILES string of the molecule is CCNCC1(CCCOCCOC)CC2CCC1C2. The number of methoxy groups -OCH3 is 1. The summed E-state index contributed by atoms with van der Waals surface area (Å²) < 4.78 is 10.6. The minimum Gasteiger partial charge on any atom is -0.382 e. The summed E-state index contributed by atoms with van der Waals surface area (Å²) >= 11 is 0. The third-order valence-corrected chi connectivity index (χ3v) is 5.22. The normalized spacial score (nSPS) is 33.2. The Hall–Kier alpha value is -0.120. The zero-order valence-corrected chi connectivity index (χ0v) is 12.7. The van der Waals surface area contributed by atoms with Gasteiger partial charge in [0.05, 0.1) is 13.2 Å². The zero-order valence-electron chi connectivity index (χ0n) is 12.7. The summed E-state index contributed by atoms with van der Waals surface area (Å²) in [4.78, 5) is 0. The average Bonchev–Trinajstić information content (AvgIpc) is 3.01. The number of hydrogen-bond donors (Lipinski definition) is 1. The first-order valence-electron chi connectivity index (χ1n) is 8.08. The molecule has 3 unspecified atom stereocenters. The molecule has 0 aliphatic heterocycles. The molecule has 2 saturated carbocycles. The summed E-state index contributed by atoms with van der Waals surface area (Å²) in [6.07, 6.45) is 8.47. The third kappa shape index (κ3) is 3.93. The maximum Gasteiger partial charge on any atom is 0.0700 e. The lowest BCUT2D eigenvalue weighted by Crippen LogP contribution is -2.39. The molecule has 0 heterocycles. The maximum absolute atomic E-state index is 5.62. The second-order valence-corrected chi connectivity index (χ2v) is 6.43. The molecule has 2 aliphatic carbocycles. The predicted octanol–water partition coefficient (Wildman–Crippen LogP) is 2.85. The highest BCUT2D eigenvalue weighted by atomic mass is 16.5. The van der Waals surface area contributed by atoms with Crippen LogP contribution < -0.4 is 5.32 Å². The molecule has 1 N–H and O–H groups in total. The molecule has 2 fully saturated rings. The first-order chi connectivity index (χ1) is 9.30. The van der Waals surface area contributed by atoms with Crippen LogP contribution in [-0.4, -0.2) is 40.0 Å². The summed E-state index contributed by atoms with van der Waals surface area (Å²) in [6.45, 7) is 6.89. The van der Waals surface area contributed by atoms with Crippen LogP contribution in [0.1, 0.15) is 45.4 Å².